The molecule has 1 aliphatic rings. The van der Waals surface area contributed by atoms with Crippen LogP contribution >= 0.6 is 35.3 Å². The lowest BCUT2D eigenvalue weighted by Gasteiger charge is -2.37. The van der Waals surface area contributed by atoms with Crippen molar-refractivity contribution in [2.75, 3.05) is 44.7 Å². The van der Waals surface area contributed by atoms with E-state index < -0.39 is 0 Å². The molecule has 0 spiro atoms. The van der Waals surface area contributed by atoms with Crippen LogP contribution in [0.4, 0.5) is 5.00 Å². The highest BCUT2D eigenvalue weighted by molar-refractivity contribution is 14.0. The van der Waals surface area contributed by atoms with Gasteiger partial charge in [-0.05, 0) is 24.4 Å². The number of aliphatic imine (C=N–C) groups is 1. The SMILES string of the molecule is CCNC(=NCc1cn(CC(=O)OC)nn1)N1CCN(c2cccs2)CC1.I. The van der Waals surface area contributed by atoms with E-state index in [1.807, 2.05) is 0 Å². The first-order valence-corrected chi connectivity index (χ1v) is 9.85. The summed E-state index contributed by atoms with van der Waals surface area (Å²) in [5.74, 6) is 0.526. The number of anilines is 1. The molecule has 1 aliphatic heterocycles. The van der Waals surface area contributed by atoms with Gasteiger partial charge in [-0.3, -0.25) is 4.79 Å². The van der Waals surface area contributed by atoms with Crippen molar-refractivity contribution in [3.8, 4) is 0 Å². The molecule has 0 aliphatic carbocycles. The topological polar surface area (TPSA) is 87.9 Å². The summed E-state index contributed by atoms with van der Waals surface area (Å²) in [6.45, 7) is 7.10. The van der Waals surface area contributed by atoms with Gasteiger partial charge in [-0.1, -0.05) is 5.21 Å². The second-order valence-electron chi connectivity index (χ2n) is 6.08. The number of methoxy groups -OCH3 is 1. The minimum Gasteiger partial charge on any atom is -0.468 e. The van der Waals surface area contributed by atoms with E-state index in [-0.39, 0.29) is 36.5 Å². The highest BCUT2D eigenvalue weighted by Gasteiger charge is 2.20. The molecule has 28 heavy (non-hydrogen) atoms. The monoisotopic (exact) mass is 519 g/mol. The number of thiophene rings is 1. The van der Waals surface area contributed by atoms with Gasteiger partial charge < -0.3 is 19.9 Å². The first-order chi connectivity index (χ1) is 13.2. The molecule has 2 aromatic heterocycles. The van der Waals surface area contributed by atoms with Gasteiger partial charge in [0.2, 0.25) is 0 Å². The molecule has 3 rings (SSSR count). The number of ether oxygens (including phenoxy) is 1. The van der Waals surface area contributed by atoms with Crippen molar-refractivity contribution in [3.63, 3.8) is 0 Å². The van der Waals surface area contributed by atoms with Gasteiger partial charge in [0.15, 0.2) is 5.96 Å². The Labute approximate surface area is 185 Å². The molecule has 11 heteroatoms. The molecule has 0 aromatic carbocycles. The quantitative estimate of drug-likeness (QED) is 0.267. The highest BCUT2D eigenvalue weighted by atomic mass is 127. The predicted octanol–water partition coefficient (Wildman–Crippen LogP) is 1.42. The summed E-state index contributed by atoms with van der Waals surface area (Å²) >= 11 is 1.78. The molecule has 0 bridgehead atoms. The Balaban J connectivity index is 0.00000280. The van der Waals surface area contributed by atoms with Gasteiger partial charge in [0.1, 0.15) is 12.2 Å². The van der Waals surface area contributed by atoms with E-state index in [9.17, 15) is 4.79 Å². The van der Waals surface area contributed by atoms with Crippen molar-refractivity contribution >= 4 is 52.2 Å². The summed E-state index contributed by atoms with van der Waals surface area (Å²) in [7, 11) is 1.35. The molecule has 0 saturated carbocycles. The van der Waals surface area contributed by atoms with Crippen LogP contribution in [0.1, 0.15) is 12.6 Å². The van der Waals surface area contributed by atoms with E-state index in [1.165, 1.54) is 16.8 Å². The molecule has 1 N–H and O–H groups in total. The third-order valence-corrected chi connectivity index (χ3v) is 5.16. The van der Waals surface area contributed by atoms with Crippen LogP contribution in [-0.2, 0) is 22.6 Å². The summed E-state index contributed by atoms with van der Waals surface area (Å²) < 4.78 is 6.10. The maximum atomic E-state index is 11.3. The minimum atomic E-state index is -0.355. The second-order valence-corrected chi connectivity index (χ2v) is 7.01. The van der Waals surface area contributed by atoms with E-state index in [1.54, 1.807) is 17.5 Å². The number of guanidine groups is 1. The second kappa shape index (κ2) is 11.2. The summed E-state index contributed by atoms with van der Waals surface area (Å²) in [5.41, 5.74) is 0.714. The summed E-state index contributed by atoms with van der Waals surface area (Å²) in [6, 6.07) is 4.25. The number of hydrogen-bond donors (Lipinski definition) is 1. The van der Waals surface area contributed by atoms with Crippen molar-refractivity contribution in [2.45, 2.75) is 20.0 Å². The molecule has 0 radical (unpaired) electrons. The maximum Gasteiger partial charge on any atom is 0.327 e. The maximum absolute atomic E-state index is 11.3. The van der Waals surface area contributed by atoms with Gasteiger partial charge in [0.25, 0.3) is 0 Å². The molecule has 0 unspecified atom stereocenters. The fourth-order valence-electron chi connectivity index (χ4n) is 2.86. The Morgan fingerprint density at radius 2 is 2.14 bits per heavy atom. The van der Waals surface area contributed by atoms with Crippen LogP contribution in [0.3, 0.4) is 0 Å². The molecule has 0 amide bonds. The lowest BCUT2D eigenvalue weighted by atomic mass is 10.3. The molecule has 9 nitrogen and oxygen atoms in total. The number of hydrogen-bond acceptors (Lipinski definition) is 7. The molecule has 2 aromatic rings. The Morgan fingerprint density at radius 3 is 2.79 bits per heavy atom. The van der Waals surface area contributed by atoms with Crippen molar-refractivity contribution < 1.29 is 9.53 Å². The summed E-state index contributed by atoms with van der Waals surface area (Å²) in [4.78, 5) is 20.7. The lowest BCUT2D eigenvalue weighted by molar-refractivity contribution is -0.141. The summed E-state index contributed by atoms with van der Waals surface area (Å²) in [6.07, 6.45) is 1.72. The third kappa shape index (κ3) is 6.06. The van der Waals surface area contributed by atoms with Gasteiger partial charge in [-0.15, -0.1) is 40.4 Å². The molecule has 1 saturated heterocycles. The molecule has 154 valence electrons. The number of carbonyl (C=O) groups is 1. The zero-order valence-corrected chi connectivity index (χ0v) is 19.2. The zero-order chi connectivity index (χ0) is 19.1. The Hall–Kier alpha value is -1.89. The van der Waals surface area contributed by atoms with Crippen molar-refractivity contribution in [2.24, 2.45) is 4.99 Å². The number of esters is 1. The Morgan fingerprint density at radius 1 is 1.36 bits per heavy atom. The highest BCUT2D eigenvalue weighted by Crippen LogP contribution is 2.22. The van der Waals surface area contributed by atoms with Crippen molar-refractivity contribution in [1.82, 2.24) is 25.2 Å². The number of aromatic nitrogens is 3. The zero-order valence-electron chi connectivity index (χ0n) is 16.1. The third-order valence-electron chi connectivity index (χ3n) is 4.23. The Kier molecular flexibility index (Phi) is 8.96. The van der Waals surface area contributed by atoms with Crippen LogP contribution in [0, 0.1) is 0 Å². The van der Waals surface area contributed by atoms with Crippen LogP contribution in [0.15, 0.2) is 28.7 Å². The molecular weight excluding hydrogens is 493 g/mol. The van der Waals surface area contributed by atoms with E-state index in [2.05, 4.69) is 54.6 Å². The first kappa shape index (κ1) is 22.4. The van der Waals surface area contributed by atoms with Gasteiger partial charge >= 0.3 is 5.97 Å². The van der Waals surface area contributed by atoms with Crippen LogP contribution in [-0.4, -0.2) is 71.7 Å². The van der Waals surface area contributed by atoms with Crippen LogP contribution in [0.5, 0.6) is 0 Å². The van der Waals surface area contributed by atoms with Gasteiger partial charge in [0.05, 0.1) is 24.9 Å². The van der Waals surface area contributed by atoms with Gasteiger partial charge in [-0.25, -0.2) is 9.67 Å². The number of carbonyl (C=O) groups excluding carboxylic acids is 1. The molecule has 0 atom stereocenters. The van der Waals surface area contributed by atoms with Crippen molar-refractivity contribution in [1.29, 1.82) is 0 Å². The van der Waals surface area contributed by atoms with E-state index in [0.717, 1.165) is 38.7 Å². The number of nitrogens with zero attached hydrogens (tertiary/aromatic N) is 6. The van der Waals surface area contributed by atoms with E-state index >= 15 is 0 Å². The molecular formula is C17H26IN7O2S. The van der Waals surface area contributed by atoms with Crippen LogP contribution in [0.2, 0.25) is 0 Å². The largest absolute Gasteiger partial charge is 0.468 e. The smallest absolute Gasteiger partial charge is 0.327 e. The van der Waals surface area contributed by atoms with Gasteiger partial charge in [0, 0.05) is 32.7 Å². The van der Waals surface area contributed by atoms with Crippen LogP contribution in [0.25, 0.3) is 0 Å². The van der Waals surface area contributed by atoms with E-state index in [0.29, 0.717) is 12.2 Å². The minimum absolute atomic E-state index is 0. The number of piperazine rings is 1. The van der Waals surface area contributed by atoms with Gasteiger partial charge in [-0.2, -0.15) is 0 Å². The number of rotatable bonds is 6. The average molecular weight is 519 g/mol. The van der Waals surface area contributed by atoms with E-state index in [4.69, 9.17) is 4.99 Å². The lowest BCUT2D eigenvalue weighted by Crippen LogP contribution is -2.52. The number of halogens is 1. The average Bonchev–Trinajstić information content (AvgIpc) is 3.37. The predicted molar refractivity (Wildman–Crippen MR) is 120 cm³/mol. The summed E-state index contributed by atoms with van der Waals surface area (Å²) in [5, 5.41) is 14.8. The fraction of sp³-hybridized carbons (Fsp3) is 0.529. The molecule has 1 fully saturated rings. The fourth-order valence-corrected chi connectivity index (χ4v) is 3.64. The normalized spacial score (nSPS) is 14.6. The molecule has 3 heterocycles. The first-order valence-electron chi connectivity index (χ1n) is 8.97. The van der Waals surface area contributed by atoms with Crippen molar-refractivity contribution in [3.05, 3.63) is 29.4 Å². The Bertz CT molecular complexity index is 757. The van der Waals surface area contributed by atoms with Crippen LogP contribution < -0.4 is 10.2 Å². The standard InChI is InChI=1S/C17H25N7O2S.HI/c1-3-18-17(19-11-14-12-24(21-20-14)13-16(25)26-2)23-8-6-22(7-9-23)15-5-4-10-27-15;/h4-5,10,12H,3,6-9,11,13H2,1-2H3,(H,18,19);1H. The number of nitrogens with one attached hydrogen (secondary N) is 1.